The lowest BCUT2D eigenvalue weighted by Gasteiger charge is -2.32. The van der Waals surface area contributed by atoms with Crippen molar-refractivity contribution in [2.75, 3.05) is 20.2 Å². The second kappa shape index (κ2) is 8.47. The van der Waals surface area contributed by atoms with Crippen LogP contribution in [0.25, 0.3) is 0 Å². The standard InChI is InChI=1S/C17H21N5O5/c1-26-16-18-7-4-14(20-16)27-12-3-2-8-22(11-12)15(24)6-10-21-9-5-13(23)19-17(21)25/h4-5,7,9,12H,2-3,6,8,10-11H2,1H3,(H,19,23,25). The van der Waals surface area contributed by atoms with Crippen LogP contribution in [0, 0.1) is 0 Å². The van der Waals surface area contributed by atoms with Crippen molar-refractivity contribution < 1.29 is 14.3 Å². The molecule has 0 saturated carbocycles. The summed E-state index contributed by atoms with van der Waals surface area (Å²) >= 11 is 0. The van der Waals surface area contributed by atoms with Crippen molar-refractivity contribution in [1.82, 2.24) is 24.4 Å². The first-order valence-electron chi connectivity index (χ1n) is 8.66. The van der Waals surface area contributed by atoms with Gasteiger partial charge in [-0.3, -0.25) is 14.6 Å². The van der Waals surface area contributed by atoms with Crippen LogP contribution in [0.1, 0.15) is 19.3 Å². The number of nitrogens with one attached hydrogen (secondary N) is 1. The molecule has 144 valence electrons. The summed E-state index contributed by atoms with van der Waals surface area (Å²) < 4.78 is 12.1. The van der Waals surface area contributed by atoms with Crippen LogP contribution in [0.3, 0.4) is 0 Å². The van der Waals surface area contributed by atoms with E-state index >= 15 is 0 Å². The molecule has 27 heavy (non-hydrogen) atoms. The molecule has 3 rings (SSSR count). The fourth-order valence-corrected chi connectivity index (χ4v) is 2.92. The van der Waals surface area contributed by atoms with E-state index in [4.69, 9.17) is 9.47 Å². The second-order valence-corrected chi connectivity index (χ2v) is 6.16. The first-order valence-corrected chi connectivity index (χ1v) is 8.66. The van der Waals surface area contributed by atoms with Crippen LogP contribution in [0.2, 0.25) is 0 Å². The quantitative estimate of drug-likeness (QED) is 0.742. The molecule has 2 aromatic heterocycles. The molecule has 0 bridgehead atoms. The monoisotopic (exact) mass is 375 g/mol. The normalized spacial score (nSPS) is 16.8. The number of rotatable bonds is 6. The Morgan fingerprint density at radius 1 is 1.37 bits per heavy atom. The highest BCUT2D eigenvalue weighted by Gasteiger charge is 2.25. The van der Waals surface area contributed by atoms with Gasteiger partial charge in [-0.15, -0.1) is 0 Å². The van der Waals surface area contributed by atoms with E-state index in [0.717, 1.165) is 12.8 Å². The molecular weight excluding hydrogens is 354 g/mol. The summed E-state index contributed by atoms with van der Waals surface area (Å²) in [6, 6.07) is 3.13. The van der Waals surface area contributed by atoms with Gasteiger partial charge in [-0.05, 0) is 12.8 Å². The topological polar surface area (TPSA) is 119 Å². The number of ether oxygens (including phenoxy) is 2. The third-order valence-corrected chi connectivity index (χ3v) is 4.27. The van der Waals surface area contributed by atoms with Crippen molar-refractivity contribution in [3.8, 4) is 11.9 Å². The molecule has 0 aromatic carbocycles. The minimum absolute atomic E-state index is 0.0679. The van der Waals surface area contributed by atoms with Gasteiger partial charge in [-0.25, -0.2) is 9.78 Å². The van der Waals surface area contributed by atoms with Gasteiger partial charge in [0.15, 0.2) is 0 Å². The van der Waals surface area contributed by atoms with Crippen LogP contribution in [0.15, 0.2) is 34.1 Å². The van der Waals surface area contributed by atoms with Gasteiger partial charge in [-0.1, -0.05) is 0 Å². The summed E-state index contributed by atoms with van der Waals surface area (Å²) in [4.78, 5) is 47.2. The van der Waals surface area contributed by atoms with Crippen molar-refractivity contribution in [2.45, 2.75) is 31.9 Å². The number of hydrogen-bond acceptors (Lipinski definition) is 7. The van der Waals surface area contributed by atoms with Crippen molar-refractivity contribution in [1.29, 1.82) is 0 Å². The van der Waals surface area contributed by atoms with Gasteiger partial charge in [0.05, 0.1) is 13.7 Å². The lowest BCUT2D eigenvalue weighted by atomic mass is 10.1. The van der Waals surface area contributed by atoms with Crippen LogP contribution >= 0.6 is 0 Å². The van der Waals surface area contributed by atoms with E-state index in [9.17, 15) is 14.4 Å². The van der Waals surface area contributed by atoms with Gasteiger partial charge in [0.1, 0.15) is 6.10 Å². The number of carbonyl (C=O) groups excluding carboxylic acids is 1. The lowest BCUT2D eigenvalue weighted by Crippen LogP contribution is -2.45. The van der Waals surface area contributed by atoms with Crippen molar-refractivity contribution in [3.63, 3.8) is 0 Å². The van der Waals surface area contributed by atoms with Crippen LogP contribution in [-0.4, -0.2) is 56.6 Å². The number of likely N-dealkylation sites (tertiary alicyclic amines) is 1. The number of piperidine rings is 1. The minimum Gasteiger partial charge on any atom is -0.472 e. The maximum Gasteiger partial charge on any atom is 0.328 e. The summed E-state index contributed by atoms with van der Waals surface area (Å²) in [5, 5.41) is 0. The van der Waals surface area contributed by atoms with Gasteiger partial charge in [0.25, 0.3) is 5.56 Å². The Bertz CT molecular complexity index is 909. The molecule has 1 atom stereocenters. The summed E-state index contributed by atoms with van der Waals surface area (Å²) in [5.41, 5.74) is -0.979. The van der Waals surface area contributed by atoms with Crippen molar-refractivity contribution >= 4 is 5.91 Å². The van der Waals surface area contributed by atoms with E-state index in [1.807, 2.05) is 0 Å². The molecule has 1 N–H and O–H groups in total. The molecule has 3 heterocycles. The number of hydrogen-bond donors (Lipinski definition) is 1. The third kappa shape index (κ3) is 4.93. The molecule has 1 aliphatic heterocycles. The molecule has 10 nitrogen and oxygen atoms in total. The SMILES string of the molecule is COc1nccc(OC2CCCN(C(=O)CCn3ccc(=O)[nH]c3=O)C2)n1. The fraction of sp³-hybridized carbons (Fsp3) is 0.471. The molecule has 1 aliphatic rings. The Morgan fingerprint density at radius 2 is 2.22 bits per heavy atom. The number of aromatic nitrogens is 4. The molecule has 1 saturated heterocycles. The molecule has 2 aromatic rings. The number of aryl methyl sites for hydroxylation is 1. The lowest BCUT2D eigenvalue weighted by molar-refractivity contribution is -0.134. The van der Waals surface area contributed by atoms with Crippen LogP contribution in [-0.2, 0) is 11.3 Å². The van der Waals surface area contributed by atoms with Crippen LogP contribution in [0.4, 0.5) is 0 Å². The number of amides is 1. The van der Waals surface area contributed by atoms with E-state index in [1.54, 1.807) is 17.2 Å². The van der Waals surface area contributed by atoms with Gasteiger partial charge in [-0.2, -0.15) is 4.98 Å². The van der Waals surface area contributed by atoms with Crippen LogP contribution < -0.4 is 20.7 Å². The van der Waals surface area contributed by atoms with E-state index < -0.39 is 11.2 Å². The number of methoxy groups -OCH3 is 1. The Kier molecular flexibility index (Phi) is 5.84. The predicted octanol–water partition coefficient (Wildman–Crippen LogP) is -0.205. The fourth-order valence-electron chi connectivity index (χ4n) is 2.92. The first-order chi connectivity index (χ1) is 13.0. The molecule has 0 spiro atoms. The second-order valence-electron chi connectivity index (χ2n) is 6.16. The van der Waals surface area contributed by atoms with Crippen molar-refractivity contribution in [3.05, 3.63) is 45.4 Å². The number of nitrogens with zero attached hydrogens (tertiary/aromatic N) is 4. The van der Waals surface area contributed by atoms with Gasteiger partial charge in [0.2, 0.25) is 11.8 Å². The average molecular weight is 375 g/mol. The van der Waals surface area contributed by atoms with Gasteiger partial charge < -0.3 is 18.9 Å². The molecule has 0 aliphatic carbocycles. The molecule has 0 radical (unpaired) electrons. The van der Waals surface area contributed by atoms with Crippen LogP contribution in [0.5, 0.6) is 11.9 Å². The highest BCUT2D eigenvalue weighted by molar-refractivity contribution is 5.76. The zero-order valence-electron chi connectivity index (χ0n) is 15.0. The summed E-state index contributed by atoms with van der Waals surface area (Å²) in [6.07, 6.45) is 4.57. The summed E-state index contributed by atoms with van der Waals surface area (Å²) in [7, 11) is 1.48. The van der Waals surface area contributed by atoms with Gasteiger partial charge >= 0.3 is 11.7 Å². The zero-order valence-corrected chi connectivity index (χ0v) is 15.0. The summed E-state index contributed by atoms with van der Waals surface area (Å²) in [6.45, 7) is 1.30. The Morgan fingerprint density at radius 3 is 3.00 bits per heavy atom. The third-order valence-electron chi connectivity index (χ3n) is 4.27. The minimum atomic E-state index is -0.520. The molecule has 1 unspecified atom stereocenters. The number of aromatic amines is 1. The zero-order chi connectivity index (χ0) is 19.2. The summed E-state index contributed by atoms with van der Waals surface area (Å²) in [5.74, 6) is 0.336. The highest BCUT2D eigenvalue weighted by Crippen LogP contribution is 2.18. The average Bonchev–Trinajstić information content (AvgIpc) is 2.67. The molecule has 1 amide bonds. The molecule has 10 heteroatoms. The smallest absolute Gasteiger partial charge is 0.328 e. The van der Waals surface area contributed by atoms with Crippen molar-refractivity contribution in [2.24, 2.45) is 0 Å². The largest absolute Gasteiger partial charge is 0.472 e. The Hall–Kier alpha value is -3.17. The molecule has 1 fully saturated rings. The molecular formula is C17H21N5O5. The number of H-pyrrole nitrogens is 1. The predicted molar refractivity (Wildman–Crippen MR) is 94.8 cm³/mol. The Balaban J connectivity index is 1.55. The first kappa shape index (κ1) is 18.6. The van der Waals surface area contributed by atoms with E-state index in [-0.39, 0.29) is 31.0 Å². The Labute approximate surface area is 154 Å². The van der Waals surface area contributed by atoms with E-state index in [0.29, 0.717) is 19.0 Å². The maximum absolute atomic E-state index is 12.5. The number of carbonyl (C=O) groups is 1. The maximum atomic E-state index is 12.5. The van der Waals surface area contributed by atoms with Gasteiger partial charge in [0, 0.05) is 44.0 Å². The highest BCUT2D eigenvalue weighted by atomic mass is 16.5. The van der Waals surface area contributed by atoms with E-state index in [1.165, 1.54) is 23.9 Å². The van der Waals surface area contributed by atoms with E-state index in [2.05, 4.69) is 15.0 Å².